The Morgan fingerprint density at radius 2 is 2.00 bits per heavy atom. The van der Waals surface area contributed by atoms with Gasteiger partial charge < -0.3 is 10.4 Å². The second-order valence-corrected chi connectivity index (χ2v) is 8.09. The highest BCUT2D eigenvalue weighted by Crippen LogP contribution is 2.44. The number of carbonyl (C=O) groups excluding carboxylic acids is 1. The van der Waals surface area contributed by atoms with Crippen molar-refractivity contribution in [2.45, 2.75) is 50.3 Å². The van der Waals surface area contributed by atoms with Gasteiger partial charge in [-0.3, -0.25) is 9.78 Å². The molecule has 0 saturated heterocycles. The van der Waals surface area contributed by atoms with Crippen molar-refractivity contribution < 1.29 is 23.1 Å². The monoisotopic (exact) mass is 398 g/mol. The number of aliphatic hydroxyl groups is 1. The molecule has 146 valence electrons. The molecule has 2 heterocycles. The smallest absolute Gasteiger partial charge is 0.388 e. The number of hydrogen-bond acceptors (Lipinski definition) is 4. The highest BCUT2D eigenvalue weighted by Gasteiger charge is 2.37. The van der Waals surface area contributed by atoms with Crippen LogP contribution in [0.25, 0.3) is 0 Å². The first kappa shape index (κ1) is 19.8. The van der Waals surface area contributed by atoms with Crippen molar-refractivity contribution in [3.63, 3.8) is 0 Å². The lowest BCUT2D eigenvalue weighted by atomic mass is 9.84. The number of carbonyl (C=O) groups is 1. The molecule has 2 N–H and O–H groups in total. The van der Waals surface area contributed by atoms with Crippen LogP contribution >= 0.6 is 11.3 Å². The van der Waals surface area contributed by atoms with Gasteiger partial charge in [-0.25, -0.2) is 0 Å². The summed E-state index contributed by atoms with van der Waals surface area (Å²) in [4.78, 5) is 17.7. The lowest BCUT2D eigenvalue weighted by Crippen LogP contribution is -2.38. The molecule has 2 aromatic heterocycles. The number of nitrogens with zero attached hydrogens (tertiary/aromatic N) is 1. The molecule has 4 nitrogen and oxygen atoms in total. The highest BCUT2D eigenvalue weighted by atomic mass is 32.1. The van der Waals surface area contributed by atoms with Crippen molar-refractivity contribution in [3.05, 3.63) is 51.5 Å². The Hall–Kier alpha value is -1.93. The Morgan fingerprint density at radius 1 is 1.30 bits per heavy atom. The third kappa shape index (κ3) is 4.32. The van der Waals surface area contributed by atoms with Gasteiger partial charge in [-0.2, -0.15) is 13.2 Å². The minimum atomic E-state index is -4.52. The topological polar surface area (TPSA) is 62.2 Å². The summed E-state index contributed by atoms with van der Waals surface area (Å²) < 4.78 is 37.8. The standard InChI is InChI=1S/C19H21F3N2O2S/c1-12(25)14-5-7-16(27-14)18(8-2-3-9-18)11-24-17(26)13-4-6-15(23-10-13)19(20,21)22/h4-7,10,12,25H,2-3,8-9,11H2,1H3,(H,24,26). The predicted octanol–water partition coefficient (Wildman–Crippen LogP) is 4.46. The van der Waals surface area contributed by atoms with E-state index >= 15 is 0 Å². The second-order valence-electron chi connectivity index (χ2n) is 6.98. The van der Waals surface area contributed by atoms with Crippen LogP contribution in [0.1, 0.15) is 64.5 Å². The zero-order chi connectivity index (χ0) is 19.7. The zero-order valence-corrected chi connectivity index (χ0v) is 15.7. The molecule has 3 rings (SSSR count). The van der Waals surface area contributed by atoms with E-state index in [9.17, 15) is 23.1 Å². The van der Waals surface area contributed by atoms with Gasteiger partial charge in [-0.05, 0) is 44.0 Å². The van der Waals surface area contributed by atoms with Gasteiger partial charge >= 0.3 is 6.18 Å². The van der Waals surface area contributed by atoms with Crippen molar-refractivity contribution in [2.75, 3.05) is 6.54 Å². The van der Waals surface area contributed by atoms with Crippen molar-refractivity contribution in [1.82, 2.24) is 10.3 Å². The van der Waals surface area contributed by atoms with Crippen LogP contribution in [0.5, 0.6) is 0 Å². The number of aromatic nitrogens is 1. The number of aliphatic hydroxyl groups excluding tert-OH is 1. The molecule has 1 aliphatic rings. The van der Waals surface area contributed by atoms with E-state index in [0.29, 0.717) is 6.54 Å². The van der Waals surface area contributed by atoms with E-state index in [-0.39, 0.29) is 11.0 Å². The molecule has 1 fully saturated rings. The molecule has 0 spiro atoms. The molecule has 1 aliphatic carbocycles. The van der Waals surface area contributed by atoms with Crippen molar-refractivity contribution >= 4 is 17.2 Å². The van der Waals surface area contributed by atoms with Gasteiger partial charge in [0.15, 0.2) is 0 Å². The molecule has 0 aliphatic heterocycles. The summed E-state index contributed by atoms with van der Waals surface area (Å²) in [6.45, 7) is 2.13. The SMILES string of the molecule is CC(O)c1ccc(C2(CNC(=O)c3ccc(C(F)(F)F)nc3)CCCC2)s1. The highest BCUT2D eigenvalue weighted by molar-refractivity contribution is 7.12. The number of nitrogens with one attached hydrogen (secondary N) is 1. The summed E-state index contributed by atoms with van der Waals surface area (Å²) >= 11 is 1.55. The van der Waals surface area contributed by atoms with Crippen molar-refractivity contribution in [3.8, 4) is 0 Å². The minimum Gasteiger partial charge on any atom is -0.388 e. The number of hydrogen-bond donors (Lipinski definition) is 2. The fourth-order valence-corrected chi connectivity index (χ4v) is 4.66. The van der Waals surface area contributed by atoms with Crippen molar-refractivity contribution in [1.29, 1.82) is 0 Å². The maximum absolute atomic E-state index is 12.6. The summed E-state index contributed by atoms with van der Waals surface area (Å²) in [5.74, 6) is -0.435. The maximum Gasteiger partial charge on any atom is 0.433 e. The van der Waals surface area contributed by atoms with Crippen LogP contribution in [0.2, 0.25) is 0 Å². The first-order valence-corrected chi connectivity index (χ1v) is 9.63. The van der Waals surface area contributed by atoms with E-state index in [1.54, 1.807) is 18.3 Å². The fourth-order valence-electron chi connectivity index (χ4n) is 3.47. The van der Waals surface area contributed by atoms with Gasteiger partial charge in [-0.1, -0.05) is 12.8 Å². The van der Waals surface area contributed by atoms with E-state index in [1.807, 2.05) is 12.1 Å². The van der Waals surface area contributed by atoms with E-state index in [0.717, 1.165) is 53.8 Å². The quantitative estimate of drug-likeness (QED) is 0.782. The summed E-state index contributed by atoms with van der Waals surface area (Å²) in [5, 5.41) is 12.6. The minimum absolute atomic E-state index is 0.104. The summed E-state index contributed by atoms with van der Waals surface area (Å²) in [5.41, 5.74) is -1.10. The molecule has 2 aromatic rings. The van der Waals surface area contributed by atoms with Crippen LogP contribution in [-0.2, 0) is 11.6 Å². The number of thiophene rings is 1. The van der Waals surface area contributed by atoms with Gasteiger partial charge in [0.1, 0.15) is 5.69 Å². The van der Waals surface area contributed by atoms with Crippen molar-refractivity contribution in [2.24, 2.45) is 0 Å². The molecule has 27 heavy (non-hydrogen) atoms. The van der Waals surface area contributed by atoms with Crippen LogP contribution in [0, 0.1) is 0 Å². The second kappa shape index (κ2) is 7.59. The van der Waals surface area contributed by atoms with Crippen LogP contribution in [0.4, 0.5) is 13.2 Å². The summed E-state index contributed by atoms with van der Waals surface area (Å²) in [6, 6.07) is 5.87. The lowest BCUT2D eigenvalue weighted by Gasteiger charge is -2.28. The summed E-state index contributed by atoms with van der Waals surface area (Å²) in [7, 11) is 0. The van der Waals surface area contributed by atoms with Crippen LogP contribution in [0.15, 0.2) is 30.5 Å². The average molecular weight is 398 g/mol. The van der Waals surface area contributed by atoms with Gasteiger partial charge in [0.2, 0.25) is 0 Å². The largest absolute Gasteiger partial charge is 0.433 e. The number of amides is 1. The molecule has 1 saturated carbocycles. The van der Waals surface area contributed by atoms with E-state index in [4.69, 9.17) is 0 Å². The average Bonchev–Trinajstić information content (AvgIpc) is 3.29. The number of rotatable bonds is 5. The molecule has 1 unspecified atom stereocenters. The molecule has 8 heteroatoms. The van der Waals surface area contributed by atoms with Gasteiger partial charge in [-0.15, -0.1) is 11.3 Å². The van der Waals surface area contributed by atoms with Crippen LogP contribution in [0.3, 0.4) is 0 Å². The maximum atomic E-state index is 12.6. The van der Waals surface area contributed by atoms with Gasteiger partial charge in [0.05, 0.1) is 11.7 Å². The molecule has 0 aromatic carbocycles. The molecule has 1 amide bonds. The van der Waals surface area contributed by atoms with E-state index < -0.39 is 23.9 Å². The molecule has 0 radical (unpaired) electrons. The molecule has 1 atom stereocenters. The molecular formula is C19H21F3N2O2S. The number of halogens is 3. The van der Waals surface area contributed by atoms with E-state index in [2.05, 4.69) is 10.3 Å². The van der Waals surface area contributed by atoms with Crippen LogP contribution < -0.4 is 5.32 Å². The first-order valence-electron chi connectivity index (χ1n) is 8.81. The zero-order valence-electron chi connectivity index (χ0n) is 14.8. The Bertz CT molecular complexity index is 794. The van der Waals surface area contributed by atoms with E-state index in [1.165, 1.54) is 0 Å². The lowest BCUT2D eigenvalue weighted by molar-refractivity contribution is -0.141. The number of alkyl halides is 3. The Morgan fingerprint density at radius 3 is 2.52 bits per heavy atom. The Kier molecular flexibility index (Phi) is 5.58. The third-order valence-electron chi connectivity index (χ3n) is 5.03. The first-order chi connectivity index (χ1) is 12.7. The summed E-state index contributed by atoms with van der Waals surface area (Å²) in [6.07, 6.45) is -0.134. The third-order valence-corrected chi connectivity index (χ3v) is 6.53. The van der Waals surface area contributed by atoms with Gasteiger partial charge in [0, 0.05) is 27.9 Å². The number of pyridine rings is 1. The fraction of sp³-hybridized carbons (Fsp3) is 0.474. The molecular weight excluding hydrogens is 377 g/mol. The Labute approximate surface area is 159 Å². The van der Waals surface area contributed by atoms with Gasteiger partial charge in [0.25, 0.3) is 5.91 Å². The molecule has 0 bridgehead atoms. The Balaban J connectivity index is 1.71. The van der Waals surface area contributed by atoms with Crippen LogP contribution in [-0.4, -0.2) is 22.5 Å². The predicted molar refractivity (Wildman–Crippen MR) is 96.7 cm³/mol. The normalized spacial score (nSPS) is 17.7.